The molecule has 0 spiro atoms. The van der Waals surface area contributed by atoms with E-state index < -0.39 is 23.7 Å². The first-order chi connectivity index (χ1) is 9.75. The van der Waals surface area contributed by atoms with E-state index in [0.717, 1.165) is 12.1 Å². The summed E-state index contributed by atoms with van der Waals surface area (Å²) in [4.78, 5) is 11.8. The summed E-state index contributed by atoms with van der Waals surface area (Å²) in [5.74, 6) is -1.85. The first kappa shape index (κ1) is 17.4. The quantitative estimate of drug-likeness (QED) is 0.756. The fourth-order valence-electron chi connectivity index (χ4n) is 1.82. The maximum absolute atomic E-state index is 13.1. The molecular weight excluding hydrogens is 278 g/mol. The lowest BCUT2D eigenvalue weighted by atomic mass is 9.90. The SMILES string of the molecule is CC(NC(=O)NCC(C)(C)CCO)c1ccc(F)c(F)c1. The number of urea groups is 1. The van der Waals surface area contributed by atoms with Gasteiger partial charge >= 0.3 is 6.03 Å². The van der Waals surface area contributed by atoms with Crippen LogP contribution in [0.1, 0.15) is 38.8 Å². The number of amides is 2. The van der Waals surface area contributed by atoms with Gasteiger partial charge in [-0.05, 0) is 36.5 Å². The van der Waals surface area contributed by atoms with Crippen molar-refractivity contribution in [2.45, 2.75) is 33.2 Å². The van der Waals surface area contributed by atoms with Crippen LogP contribution in [0, 0.1) is 17.0 Å². The number of benzene rings is 1. The zero-order valence-corrected chi connectivity index (χ0v) is 12.5. The Balaban J connectivity index is 2.52. The van der Waals surface area contributed by atoms with Crippen molar-refractivity contribution < 1.29 is 18.7 Å². The molecule has 6 heteroatoms. The van der Waals surface area contributed by atoms with E-state index in [9.17, 15) is 13.6 Å². The summed E-state index contributed by atoms with van der Waals surface area (Å²) < 4.78 is 26.0. The van der Waals surface area contributed by atoms with Crippen LogP contribution in [0.25, 0.3) is 0 Å². The van der Waals surface area contributed by atoms with Gasteiger partial charge in [-0.2, -0.15) is 0 Å². The molecule has 0 saturated heterocycles. The van der Waals surface area contributed by atoms with Gasteiger partial charge in [0.25, 0.3) is 0 Å². The van der Waals surface area contributed by atoms with Crippen molar-refractivity contribution in [3.8, 4) is 0 Å². The largest absolute Gasteiger partial charge is 0.396 e. The summed E-state index contributed by atoms with van der Waals surface area (Å²) in [6, 6.07) is 2.69. The maximum atomic E-state index is 13.1. The fraction of sp³-hybridized carbons (Fsp3) is 0.533. The summed E-state index contributed by atoms with van der Waals surface area (Å²) in [6.07, 6.45) is 0.575. The molecule has 1 unspecified atom stereocenters. The molecule has 4 nitrogen and oxygen atoms in total. The standard InChI is InChI=1S/C15H22F2N2O2/c1-10(11-4-5-12(16)13(17)8-11)19-14(21)18-9-15(2,3)6-7-20/h4-5,8,10,20H,6-7,9H2,1-3H3,(H2,18,19,21). The van der Waals surface area contributed by atoms with E-state index in [4.69, 9.17) is 5.11 Å². The van der Waals surface area contributed by atoms with E-state index in [2.05, 4.69) is 10.6 Å². The van der Waals surface area contributed by atoms with Crippen molar-refractivity contribution in [3.05, 3.63) is 35.4 Å². The third-order valence-corrected chi connectivity index (χ3v) is 3.31. The molecular formula is C15H22F2N2O2. The van der Waals surface area contributed by atoms with Gasteiger partial charge in [-0.25, -0.2) is 13.6 Å². The number of aliphatic hydroxyl groups excluding tert-OH is 1. The highest BCUT2D eigenvalue weighted by molar-refractivity contribution is 5.74. The predicted octanol–water partition coefficient (Wildman–Crippen LogP) is 2.73. The van der Waals surface area contributed by atoms with Crippen molar-refractivity contribution in [2.24, 2.45) is 5.41 Å². The van der Waals surface area contributed by atoms with Crippen LogP contribution in [0.3, 0.4) is 0 Å². The first-order valence-electron chi connectivity index (χ1n) is 6.85. The third kappa shape index (κ3) is 5.67. The molecule has 21 heavy (non-hydrogen) atoms. The molecule has 118 valence electrons. The van der Waals surface area contributed by atoms with Gasteiger partial charge in [0.05, 0.1) is 6.04 Å². The van der Waals surface area contributed by atoms with Crippen LogP contribution in [0.5, 0.6) is 0 Å². The fourth-order valence-corrected chi connectivity index (χ4v) is 1.82. The average molecular weight is 300 g/mol. The summed E-state index contributed by atoms with van der Waals surface area (Å²) in [6.45, 7) is 6.02. The minimum Gasteiger partial charge on any atom is -0.396 e. The molecule has 0 aromatic heterocycles. The molecule has 0 fully saturated rings. The van der Waals surface area contributed by atoms with Crippen LogP contribution in [0.15, 0.2) is 18.2 Å². The molecule has 0 heterocycles. The van der Waals surface area contributed by atoms with Crippen LogP contribution in [0.4, 0.5) is 13.6 Å². The lowest BCUT2D eigenvalue weighted by Crippen LogP contribution is -2.41. The number of carbonyl (C=O) groups excluding carboxylic acids is 1. The molecule has 1 aromatic rings. The summed E-state index contributed by atoms with van der Waals surface area (Å²) >= 11 is 0. The Morgan fingerprint density at radius 2 is 2.00 bits per heavy atom. The van der Waals surface area contributed by atoms with E-state index in [1.54, 1.807) is 6.92 Å². The number of aliphatic hydroxyl groups is 1. The Hall–Kier alpha value is -1.69. The summed E-state index contributed by atoms with van der Waals surface area (Å²) in [5.41, 5.74) is 0.274. The number of hydrogen-bond acceptors (Lipinski definition) is 2. The lowest BCUT2D eigenvalue weighted by Gasteiger charge is -2.24. The molecule has 1 aromatic carbocycles. The highest BCUT2D eigenvalue weighted by Gasteiger charge is 2.19. The molecule has 0 aliphatic rings. The van der Waals surface area contributed by atoms with Crippen LogP contribution < -0.4 is 10.6 Å². The molecule has 0 saturated carbocycles. The highest BCUT2D eigenvalue weighted by atomic mass is 19.2. The van der Waals surface area contributed by atoms with Crippen LogP contribution in [-0.2, 0) is 0 Å². The molecule has 1 atom stereocenters. The number of halogens is 2. The third-order valence-electron chi connectivity index (χ3n) is 3.31. The topological polar surface area (TPSA) is 61.4 Å². The monoisotopic (exact) mass is 300 g/mol. The van der Waals surface area contributed by atoms with Crippen molar-refractivity contribution >= 4 is 6.03 Å². The van der Waals surface area contributed by atoms with Crippen molar-refractivity contribution in [3.63, 3.8) is 0 Å². The molecule has 0 radical (unpaired) electrons. The maximum Gasteiger partial charge on any atom is 0.315 e. The van der Waals surface area contributed by atoms with Crippen LogP contribution >= 0.6 is 0 Å². The van der Waals surface area contributed by atoms with Gasteiger partial charge in [0.1, 0.15) is 0 Å². The predicted molar refractivity (Wildman–Crippen MR) is 76.8 cm³/mol. The minimum absolute atomic E-state index is 0.0571. The second-order valence-electron chi connectivity index (χ2n) is 5.86. The Labute approximate surface area is 123 Å². The molecule has 0 bridgehead atoms. The number of carbonyl (C=O) groups is 1. The van der Waals surface area contributed by atoms with Crippen molar-refractivity contribution in [2.75, 3.05) is 13.2 Å². The van der Waals surface area contributed by atoms with E-state index >= 15 is 0 Å². The number of hydrogen-bond donors (Lipinski definition) is 3. The molecule has 2 amide bonds. The molecule has 0 aliphatic carbocycles. The van der Waals surface area contributed by atoms with Gasteiger partial charge in [0.15, 0.2) is 11.6 Å². The van der Waals surface area contributed by atoms with Gasteiger partial charge in [-0.1, -0.05) is 19.9 Å². The summed E-state index contributed by atoms with van der Waals surface area (Å²) in [7, 11) is 0. The Morgan fingerprint density at radius 1 is 1.33 bits per heavy atom. The van der Waals surface area contributed by atoms with Gasteiger partial charge in [-0.15, -0.1) is 0 Å². The van der Waals surface area contributed by atoms with Gasteiger partial charge < -0.3 is 15.7 Å². The van der Waals surface area contributed by atoms with Crippen molar-refractivity contribution in [1.82, 2.24) is 10.6 Å². The molecule has 1 rings (SSSR count). The Morgan fingerprint density at radius 3 is 2.57 bits per heavy atom. The highest BCUT2D eigenvalue weighted by Crippen LogP contribution is 2.18. The summed E-state index contributed by atoms with van der Waals surface area (Å²) in [5, 5.41) is 14.3. The Bertz CT molecular complexity index is 493. The van der Waals surface area contributed by atoms with E-state index in [1.165, 1.54) is 6.07 Å². The normalized spacial score (nSPS) is 12.9. The van der Waals surface area contributed by atoms with Gasteiger partial charge in [0, 0.05) is 13.2 Å². The molecule has 0 aliphatic heterocycles. The van der Waals surface area contributed by atoms with E-state index in [1.807, 2.05) is 13.8 Å². The number of nitrogens with one attached hydrogen (secondary N) is 2. The minimum atomic E-state index is -0.939. The average Bonchev–Trinajstić information content (AvgIpc) is 2.39. The zero-order valence-electron chi connectivity index (χ0n) is 12.5. The lowest BCUT2D eigenvalue weighted by molar-refractivity contribution is 0.200. The number of rotatable bonds is 6. The van der Waals surface area contributed by atoms with Gasteiger partial charge in [-0.3, -0.25) is 0 Å². The second kappa shape index (κ2) is 7.36. The smallest absolute Gasteiger partial charge is 0.315 e. The Kier molecular flexibility index (Phi) is 6.08. The van der Waals surface area contributed by atoms with Gasteiger partial charge in [0.2, 0.25) is 0 Å². The van der Waals surface area contributed by atoms with Crippen LogP contribution in [0.2, 0.25) is 0 Å². The van der Waals surface area contributed by atoms with Crippen molar-refractivity contribution in [1.29, 1.82) is 0 Å². The second-order valence-corrected chi connectivity index (χ2v) is 5.86. The molecule has 3 N–H and O–H groups in total. The first-order valence-corrected chi connectivity index (χ1v) is 6.85. The van der Waals surface area contributed by atoms with E-state index in [0.29, 0.717) is 18.5 Å². The zero-order chi connectivity index (χ0) is 16.0. The van der Waals surface area contributed by atoms with Crippen LogP contribution in [-0.4, -0.2) is 24.3 Å². The van der Waals surface area contributed by atoms with E-state index in [-0.39, 0.29) is 12.0 Å².